The molecular formula is C30H26N8O2S2. The molecule has 3 aromatic heterocycles. The largest absolute Gasteiger partial charge is 0.337 e. The molecule has 0 spiro atoms. The third-order valence-corrected chi connectivity index (χ3v) is 9.19. The van der Waals surface area contributed by atoms with E-state index in [4.69, 9.17) is 4.98 Å². The topological polar surface area (TPSA) is 122 Å². The van der Waals surface area contributed by atoms with Crippen LogP contribution in [0, 0.1) is 37.8 Å². The summed E-state index contributed by atoms with van der Waals surface area (Å²) in [6.07, 6.45) is 1.63. The van der Waals surface area contributed by atoms with E-state index >= 15 is 0 Å². The number of nitrogens with one attached hydrogen (secondary N) is 1. The summed E-state index contributed by atoms with van der Waals surface area (Å²) in [7, 11) is 1.84. The zero-order valence-electron chi connectivity index (χ0n) is 23.5. The molecule has 0 saturated carbocycles. The van der Waals surface area contributed by atoms with Crippen LogP contribution in [0.1, 0.15) is 22.3 Å². The smallest absolute Gasteiger partial charge is 0.271 e. The highest BCUT2D eigenvalue weighted by atomic mass is 32.1. The van der Waals surface area contributed by atoms with Crippen LogP contribution >= 0.6 is 22.7 Å². The maximum atomic E-state index is 11.2. The highest BCUT2D eigenvalue weighted by Crippen LogP contribution is 2.39. The van der Waals surface area contributed by atoms with Crippen molar-refractivity contribution in [2.24, 2.45) is 10.2 Å². The molecule has 0 amide bonds. The van der Waals surface area contributed by atoms with Gasteiger partial charge in [0.1, 0.15) is 5.00 Å². The predicted molar refractivity (Wildman–Crippen MR) is 171 cm³/mol. The lowest BCUT2D eigenvalue weighted by atomic mass is 10.1. The number of benzene rings is 3. The molecule has 0 aliphatic carbocycles. The number of anilines is 4. The monoisotopic (exact) mass is 594 g/mol. The molecule has 1 N–H and O–H groups in total. The van der Waals surface area contributed by atoms with E-state index in [0.717, 1.165) is 42.2 Å². The van der Waals surface area contributed by atoms with Gasteiger partial charge in [-0.3, -0.25) is 10.1 Å². The van der Waals surface area contributed by atoms with Crippen molar-refractivity contribution >= 4 is 81.9 Å². The van der Waals surface area contributed by atoms with Gasteiger partial charge in [-0.2, -0.15) is 0 Å². The Balaban J connectivity index is 1.40. The number of thiazole rings is 1. The van der Waals surface area contributed by atoms with Crippen LogP contribution in [0.2, 0.25) is 0 Å². The number of non-ortho nitro benzene ring substituents is 1. The molecule has 0 radical (unpaired) electrons. The van der Waals surface area contributed by atoms with Crippen LogP contribution in [0.4, 0.5) is 39.0 Å². The Morgan fingerprint density at radius 2 is 1.69 bits per heavy atom. The number of nitrogens with zero attached hydrogens (tertiary/aromatic N) is 7. The maximum Gasteiger partial charge on any atom is 0.271 e. The van der Waals surface area contributed by atoms with Gasteiger partial charge in [0.25, 0.3) is 5.69 Å². The minimum atomic E-state index is -0.422. The Kier molecular flexibility index (Phi) is 7.09. The zero-order chi connectivity index (χ0) is 29.5. The minimum Gasteiger partial charge on any atom is -0.337 e. The summed E-state index contributed by atoms with van der Waals surface area (Å²) in [5, 5.41) is 26.4. The zero-order valence-corrected chi connectivity index (χ0v) is 25.2. The first kappa shape index (κ1) is 27.4. The first-order chi connectivity index (χ1) is 20.2. The number of rotatable bonds is 7. The second kappa shape index (κ2) is 10.9. The van der Waals surface area contributed by atoms with Crippen molar-refractivity contribution < 1.29 is 4.92 Å². The first-order valence-electron chi connectivity index (χ1n) is 13.1. The molecule has 210 valence electrons. The second-order valence-electron chi connectivity index (χ2n) is 9.99. The molecule has 0 fully saturated rings. The van der Waals surface area contributed by atoms with Gasteiger partial charge in [0, 0.05) is 29.6 Å². The standard InChI is InChI=1S/C30H26N8O2S2/c1-16-12-17(2)26(18(3)13-16)34-28-27(35-36-29-19(4)21-8-6-7-9-23(21)41-29)31-15-25(33-28)37(5)30-32-22-14-20(38(39)40)10-11-24(22)42-30/h6-15H,1-5H3,(H,33,34). The Morgan fingerprint density at radius 3 is 2.43 bits per heavy atom. The molecule has 0 unspecified atom stereocenters. The summed E-state index contributed by atoms with van der Waals surface area (Å²) < 4.78 is 1.99. The van der Waals surface area contributed by atoms with Gasteiger partial charge in [-0.25, -0.2) is 15.0 Å². The van der Waals surface area contributed by atoms with E-state index in [1.165, 1.54) is 29.0 Å². The van der Waals surface area contributed by atoms with Crippen LogP contribution in [0.15, 0.2) is 71.0 Å². The summed E-state index contributed by atoms with van der Waals surface area (Å²) in [6, 6.07) is 17.1. The SMILES string of the molecule is Cc1cc(C)c(Nc2nc(N(C)c3nc4cc([N+](=O)[O-])ccc4s3)cnc2N=Nc2sc3ccccc3c2C)c(C)c1. The molecule has 10 nitrogen and oxygen atoms in total. The average molecular weight is 595 g/mol. The van der Waals surface area contributed by atoms with Crippen molar-refractivity contribution in [1.29, 1.82) is 0 Å². The van der Waals surface area contributed by atoms with E-state index in [9.17, 15) is 10.1 Å². The highest BCUT2D eigenvalue weighted by molar-refractivity contribution is 7.23. The summed E-state index contributed by atoms with van der Waals surface area (Å²) in [6.45, 7) is 8.21. The predicted octanol–water partition coefficient (Wildman–Crippen LogP) is 9.37. The number of aryl methyl sites for hydroxylation is 4. The third kappa shape index (κ3) is 5.17. The van der Waals surface area contributed by atoms with Crippen molar-refractivity contribution in [3.63, 3.8) is 0 Å². The van der Waals surface area contributed by atoms with Gasteiger partial charge in [-0.15, -0.1) is 21.6 Å². The van der Waals surface area contributed by atoms with Crippen molar-refractivity contribution in [3.8, 4) is 0 Å². The van der Waals surface area contributed by atoms with Gasteiger partial charge in [-0.1, -0.05) is 47.2 Å². The van der Waals surface area contributed by atoms with Crippen LogP contribution < -0.4 is 10.2 Å². The van der Waals surface area contributed by atoms with E-state index < -0.39 is 4.92 Å². The molecule has 0 aliphatic heterocycles. The quantitative estimate of drug-likeness (QED) is 0.111. The van der Waals surface area contributed by atoms with Gasteiger partial charge in [-0.05, 0) is 61.9 Å². The normalized spacial score (nSPS) is 11.5. The number of thiophene rings is 1. The van der Waals surface area contributed by atoms with Gasteiger partial charge >= 0.3 is 0 Å². The van der Waals surface area contributed by atoms with Crippen LogP contribution in [0.3, 0.4) is 0 Å². The van der Waals surface area contributed by atoms with Gasteiger partial charge in [0.05, 0.1) is 21.3 Å². The fourth-order valence-electron chi connectivity index (χ4n) is 4.80. The van der Waals surface area contributed by atoms with Crippen molar-refractivity contribution in [1.82, 2.24) is 15.0 Å². The molecule has 0 aliphatic rings. The number of nitro benzene ring substituents is 1. The number of hydrogen-bond acceptors (Lipinski definition) is 11. The van der Waals surface area contributed by atoms with E-state index in [-0.39, 0.29) is 5.69 Å². The Morgan fingerprint density at radius 1 is 0.929 bits per heavy atom. The fourth-order valence-corrected chi connectivity index (χ4v) is 6.74. The van der Waals surface area contributed by atoms with E-state index in [1.54, 1.807) is 28.5 Å². The molecule has 6 rings (SSSR count). The molecule has 0 saturated heterocycles. The number of fused-ring (bicyclic) bond motifs is 2. The molecule has 3 heterocycles. The summed E-state index contributed by atoms with van der Waals surface area (Å²) in [4.78, 5) is 26.8. The van der Waals surface area contributed by atoms with E-state index in [2.05, 4.69) is 56.7 Å². The molecule has 3 aromatic carbocycles. The van der Waals surface area contributed by atoms with E-state index in [0.29, 0.717) is 28.1 Å². The third-order valence-electron chi connectivity index (χ3n) is 6.92. The van der Waals surface area contributed by atoms with Crippen LogP contribution in [0.25, 0.3) is 20.3 Å². The summed E-state index contributed by atoms with van der Waals surface area (Å²) >= 11 is 3.00. The molecular weight excluding hydrogens is 569 g/mol. The van der Waals surface area contributed by atoms with E-state index in [1.807, 2.05) is 40.0 Å². The van der Waals surface area contributed by atoms with Crippen molar-refractivity contribution in [3.05, 3.63) is 93.2 Å². The fraction of sp³-hybridized carbons (Fsp3) is 0.167. The average Bonchev–Trinajstić information content (AvgIpc) is 3.54. The van der Waals surface area contributed by atoms with Gasteiger partial charge in [0.15, 0.2) is 16.8 Å². The Bertz CT molecular complexity index is 2010. The lowest BCUT2D eigenvalue weighted by Gasteiger charge is -2.18. The molecule has 42 heavy (non-hydrogen) atoms. The lowest BCUT2D eigenvalue weighted by Crippen LogP contribution is -2.12. The Labute approximate surface area is 249 Å². The molecule has 6 aromatic rings. The Hall–Kier alpha value is -4.81. The molecule has 0 atom stereocenters. The lowest BCUT2D eigenvalue weighted by molar-refractivity contribution is -0.384. The summed E-state index contributed by atoms with van der Waals surface area (Å²) in [5.74, 6) is 1.34. The maximum absolute atomic E-state index is 11.2. The minimum absolute atomic E-state index is 0.000654. The number of nitro groups is 1. The number of azo groups is 1. The van der Waals surface area contributed by atoms with Gasteiger partial charge in [0.2, 0.25) is 5.82 Å². The number of aromatic nitrogens is 3. The van der Waals surface area contributed by atoms with Crippen molar-refractivity contribution in [2.75, 3.05) is 17.3 Å². The number of hydrogen-bond donors (Lipinski definition) is 1. The summed E-state index contributed by atoms with van der Waals surface area (Å²) in [5.41, 5.74) is 5.87. The van der Waals surface area contributed by atoms with Crippen LogP contribution in [0.5, 0.6) is 0 Å². The molecule has 12 heteroatoms. The van der Waals surface area contributed by atoms with Crippen molar-refractivity contribution in [2.45, 2.75) is 27.7 Å². The van der Waals surface area contributed by atoms with Crippen LogP contribution in [-0.2, 0) is 0 Å². The highest BCUT2D eigenvalue weighted by Gasteiger charge is 2.18. The van der Waals surface area contributed by atoms with Gasteiger partial charge < -0.3 is 10.2 Å². The molecule has 0 bridgehead atoms. The van der Waals surface area contributed by atoms with Crippen LogP contribution in [-0.4, -0.2) is 26.9 Å². The first-order valence-corrected chi connectivity index (χ1v) is 14.7. The second-order valence-corrected chi connectivity index (χ2v) is 12.0.